The van der Waals surface area contributed by atoms with Crippen molar-refractivity contribution in [3.8, 4) is 5.69 Å². The number of rotatable bonds is 7. The van der Waals surface area contributed by atoms with E-state index < -0.39 is 0 Å². The van der Waals surface area contributed by atoms with E-state index in [0.717, 1.165) is 61.7 Å². The molecule has 168 valence electrons. The van der Waals surface area contributed by atoms with E-state index in [1.807, 2.05) is 61.0 Å². The van der Waals surface area contributed by atoms with Gasteiger partial charge in [-0.3, -0.25) is 4.79 Å². The van der Waals surface area contributed by atoms with Crippen molar-refractivity contribution in [2.75, 3.05) is 25.0 Å². The number of likely N-dealkylation sites (tertiary alicyclic amines) is 1. The summed E-state index contributed by atoms with van der Waals surface area (Å²) in [5.74, 6) is 0.469. The molecule has 3 aromatic rings. The Hall–Kier alpha value is -2.99. The highest BCUT2D eigenvalue weighted by Gasteiger charge is 2.21. The van der Waals surface area contributed by atoms with Crippen LogP contribution in [0.5, 0.6) is 0 Å². The quantitative estimate of drug-likeness (QED) is 0.575. The molecule has 0 unspecified atom stereocenters. The predicted molar refractivity (Wildman–Crippen MR) is 126 cm³/mol. The zero-order valence-electron chi connectivity index (χ0n) is 18.9. The van der Waals surface area contributed by atoms with E-state index in [-0.39, 0.29) is 11.7 Å². The first-order chi connectivity index (χ1) is 15.5. The minimum absolute atomic E-state index is 0.0252. The molecule has 0 spiro atoms. The minimum Gasteiger partial charge on any atom is -0.323 e. The van der Waals surface area contributed by atoms with Crippen LogP contribution in [0.3, 0.4) is 0 Å². The smallest absolute Gasteiger partial charge is 0.225 e. The van der Waals surface area contributed by atoms with Crippen LogP contribution in [0.2, 0.25) is 0 Å². The Morgan fingerprint density at radius 1 is 1.06 bits per heavy atom. The van der Waals surface area contributed by atoms with Crippen LogP contribution >= 0.6 is 0 Å². The second kappa shape index (κ2) is 10.1. The fraction of sp³-hybridized carbons (Fsp3) is 0.385. The molecular formula is C26H31FN4O. The maximum absolute atomic E-state index is 13.1. The number of carbonyl (C=O) groups is 1. The lowest BCUT2D eigenvalue weighted by Gasteiger charge is -2.31. The Balaban J connectivity index is 1.25. The molecule has 6 heteroatoms. The molecule has 2 heterocycles. The normalized spacial score (nSPS) is 15.1. The lowest BCUT2D eigenvalue weighted by molar-refractivity contribution is -0.116. The van der Waals surface area contributed by atoms with Gasteiger partial charge in [-0.2, -0.15) is 5.10 Å². The maximum Gasteiger partial charge on any atom is 0.225 e. The highest BCUT2D eigenvalue weighted by Crippen LogP contribution is 2.24. The average molecular weight is 435 g/mol. The molecule has 0 radical (unpaired) electrons. The number of nitrogens with one attached hydrogen (secondary N) is 1. The Kier molecular flexibility index (Phi) is 7.00. The maximum atomic E-state index is 13.1. The van der Waals surface area contributed by atoms with Crippen LogP contribution in [0.15, 0.2) is 54.6 Å². The second-order valence-electron chi connectivity index (χ2n) is 8.71. The van der Waals surface area contributed by atoms with E-state index in [1.54, 1.807) is 0 Å². The number of nitrogens with zero attached hydrogens (tertiary/aromatic N) is 3. The Bertz CT molecular complexity index is 1040. The number of amides is 1. The van der Waals surface area contributed by atoms with Gasteiger partial charge in [-0.15, -0.1) is 0 Å². The number of para-hydroxylation sites is 1. The summed E-state index contributed by atoms with van der Waals surface area (Å²) in [6, 6.07) is 16.8. The van der Waals surface area contributed by atoms with Crippen LogP contribution in [0, 0.1) is 25.6 Å². The number of aryl methyl sites for hydroxylation is 1. The fourth-order valence-electron chi connectivity index (χ4n) is 4.47. The standard InChI is InChI=1S/C26H31FN4O/c1-19-26(20(2)31(29-19)24-6-4-3-5-7-24)28-25(32)14-17-30-15-12-22(13-16-30)18-21-8-10-23(27)11-9-21/h3-11,22H,12-18H2,1-2H3,(H,28,32). The van der Waals surface area contributed by atoms with E-state index in [1.165, 1.54) is 17.7 Å². The van der Waals surface area contributed by atoms with Crippen molar-refractivity contribution in [1.82, 2.24) is 14.7 Å². The van der Waals surface area contributed by atoms with Gasteiger partial charge in [0.2, 0.25) is 5.91 Å². The van der Waals surface area contributed by atoms with Gasteiger partial charge in [0.05, 0.1) is 22.8 Å². The van der Waals surface area contributed by atoms with E-state index in [2.05, 4.69) is 15.3 Å². The molecule has 1 aromatic heterocycles. The number of aromatic nitrogens is 2. The van der Waals surface area contributed by atoms with Gasteiger partial charge < -0.3 is 10.2 Å². The number of anilines is 1. The Morgan fingerprint density at radius 3 is 2.44 bits per heavy atom. The van der Waals surface area contributed by atoms with Crippen LogP contribution in [-0.4, -0.2) is 40.2 Å². The van der Waals surface area contributed by atoms with Crippen LogP contribution in [-0.2, 0) is 11.2 Å². The molecule has 1 aliphatic heterocycles. The fourth-order valence-corrected chi connectivity index (χ4v) is 4.47. The SMILES string of the molecule is Cc1nn(-c2ccccc2)c(C)c1NC(=O)CCN1CCC(Cc2ccc(F)cc2)CC1. The second-order valence-corrected chi connectivity index (χ2v) is 8.71. The first-order valence-corrected chi connectivity index (χ1v) is 11.4. The summed E-state index contributed by atoms with van der Waals surface area (Å²) in [6.07, 6.45) is 3.69. The molecule has 32 heavy (non-hydrogen) atoms. The van der Waals surface area contributed by atoms with E-state index in [4.69, 9.17) is 0 Å². The molecule has 2 aromatic carbocycles. The molecule has 0 atom stereocenters. The van der Waals surface area contributed by atoms with Crippen molar-refractivity contribution in [3.63, 3.8) is 0 Å². The lowest BCUT2D eigenvalue weighted by atomic mass is 9.90. The number of benzene rings is 2. The van der Waals surface area contributed by atoms with Gasteiger partial charge in [0, 0.05) is 13.0 Å². The van der Waals surface area contributed by atoms with Gasteiger partial charge in [0.25, 0.3) is 0 Å². The van der Waals surface area contributed by atoms with Crippen molar-refractivity contribution < 1.29 is 9.18 Å². The number of carbonyl (C=O) groups excluding carboxylic acids is 1. The first-order valence-electron chi connectivity index (χ1n) is 11.4. The summed E-state index contributed by atoms with van der Waals surface area (Å²) in [4.78, 5) is 15.0. The summed E-state index contributed by atoms with van der Waals surface area (Å²) in [5.41, 5.74) is 4.74. The summed E-state index contributed by atoms with van der Waals surface area (Å²) in [5, 5.41) is 7.68. The molecule has 4 rings (SSSR count). The number of hydrogen-bond donors (Lipinski definition) is 1. The predicted octanol–water partition coefficient (Wildman–Crippen LogP) is 4.91. The molecule has 0 aliphatic carbocycles. The van der Waals surface area contributed by atoms with Gasteiger partial charge in [-0.05, 0) is 81.9 Å². The summed E-state index contributed by atoms with van der Waals surface area (Å²) in [7, 11) is 0. The zero-order chi connectivity index (χ0) is 22.5. The molecule has 0 saturated carbocycles. The van der Waals surface area contributed by atoms with E-state index in [9.17, 15) is 9.18 Å². The van der Waals surface area contributed by atoms with Crippen LogP contribution in [0.25, 0.3) is 5.69 Å². The molecule has 0 bridgehead atoms. The number of piperidine rings is 1. The summed E-state index contributed by atoms with van der Waals surface area (Å²) >= 11 is 0. The van der Waals surface area contributed by atoms with Crippen LogP contribution in [0.1, 0.15) is 36.2 Å². The average Bonchev–Trinajstić information content (AvgIpc) is 3.09. The molecular weight excluding hydrogens is 403 g/mol. The third-order valence-corrected chi connectivity index (χ3v) is 6.36. The van der Waals surface area contributed by atoms with Crippen molar-refractivity contribution >= 4 is 11.6 Å². The van der Waals surface area contributed by atoms with E-state index >= 15 is 0 Å². The molecule has 1 saturated heterocycles. The number of hydrogen-bond acceptors (Lipinski definition) is 3. The third-order valence-electron chi connectivity index (χ3n) is 6.36. The highest BCUT2D eigenvalue weighted by molar-refractivity contribution is 5.92. The van der Waals surface area contributed by atoms with Crippen molar-refractivity contribution in [3.05, 3.63) is 77.4 Å². The molecule has 1 aliphatic rings. The van der Waals surface area contributed by atoms with Crippen molar-refractivity contribution in [2.45, 2.75) is 39.5 Å². The molecule has 5 nitrogen and oxygen atoms in total. The van der Waals surface area contributed by atoms with Crippen LogP contribution < -0.4 is 5.32 Å². The van der Waals surface area contributed by atoms with Gasteiger partial charge in [0.15, 0.2) is 0 Å². The third kappa shape index (κ3) is 5.43. The van der Waals surface area contributed by atoms with Crippen molar-refractivity contribution in [2.24, 2.45) is 5.92 Å². The largest absolute Gasteiger partial charge is 0.323 e. The van der Waals surface area contributed by atoms with Gasteiger partial charge in [-0.25, -0.2) is 9.07 Å². The first kappa shape index (κ1) is 22.2. The Morgan fingerprint density at radius 2 is 1.75 bits per heavy atom. The van der Waals surface area contributed by atoms with Gasteiger partial charge >= 0.3 is 0 Å². The highest BCUT2D eigenvalue weighted by atomic mass is 19.1. The monoisotopic (exact) mass is 434 g/mol. The minimum atomic E-state index is -0.181. The zero-order valence-corrected chi connectivity index (χ0v) is 18.9. The van der Waals surface area contributed by atoms with E-state index in [0.29, 0.717) is 12.3 Å². The molecule has 1 amide bonds. The van der Waals surface area contributed by atoms with Gasteiger partial charge in [0.1, 0.15) is 5.82 Å². The topological polar surface area (TPSA) is 50.2 Å². The van der Waals surface area contributed by atoms with Crippen molar-refractivity contribution in [1.29, 1.82) is 0 Å². The molecule has 1 N–H and O–H groups in total. The Labute approximate surface area is 189 Å². The number of halogens is 1. The summed E-state index contributed by atoms with van der Waals surface area (Å²) in [6.45, 7) is 6.68. The lowest BCUT2D eigenvalue weighted by Crippen LogP contribution is -2.36. The summed E-state index contributed by atoms with van der Waals surface area (Å²) < 4.78 is 15.0. The van der Waals surface area contributed by atoms with Crippen LogP contribution in [0.4, 0.5) is 10.1 Å². The molecule has 1 fully saturated rings. The van der Waals surface area contributed by atoms with Gasteiger partial charge in [-0.1, -0.05) is 30.3 Å².